The molecule has 0 fully saturated rings. The minimum atomic E-state index is 0.320. The molecule has 0 aliphatic rings. The molecule has 72 valence electrons. The molecular weight excluding hydrogens is 150 g/mol. The highest BCUT2D eigenvalue weighted by atomic mass is 16.5. The van der Waals surface area contributed by atoms with Crippen molar-refractivity contribution in [1.82, 2.24) is 5.32 Å². The zero-order valence-corrected chi connectivity index (χ0v) is 8.52. The van der Waals surface area contributed by atoms with Crippen molar-refractivity contribution in [2.45, 2.75) is 33.3 Å². The van der Waals surface area contributed by atoms with Gasteiger partial charge < -0.3 is 10.1 Å². The summed E-state index contributed by atoms with van der Waals surface area (Å²) in [7, 11) is 0. The van der Waals surface area contributed by atoms with Crippen molar-refractivity contribution in [3.8, 4) is 0 Å². The molecular formula is C10H21NO. The molecule has 0 saturated heterocycles. The van der Waals surface area contributed by atoms with E-state index in [0.29, 0.717) is 6.10 Å². The van der Waals surface area contributed by atoms with E-state index in [1.807, 2.05) is 13.8 Å². The van der Waals surface area contributed by atoms with Gasteiger partial charge in [-0.1, -0.05) is 5.57 Å². The molecule has 0 aliphatic carbocycles. The van der Waals surface area contributed by atoms with E-state index < -0.39 is 0 Å². The van der Waals surface area contributed by atoms with Crippen LogP contribution in [-0.2, 0) is 4.74 Å². The summed E-state index contributed by atoms with van der Waals surface area (Å²) < 4.78 is 5.36. The van der Waals surface area contributed by atoms with Gasteiger partial charge >= 0.3 is 0 Å². The Morgan fingerprint density at radius 2 is 2.25 bits per heavy atom. The van der Waals surface area contributed by atoms with Gasteiger partial charge in [-0.3, -0.25) is 0 Å². The lowest BCUT2D eigenvalue weighted by Crippen LogP contribution is -2.27. The van der Waals surface area contributed by atoms with E-state index in [1.165, 1.54) is 5.57 Å². The highest BCUT2D eigenvalue weighted by Gasteiger charge is 1.98. The summed E-state index contributed by atoms with van der Waals surface area (Å²) in [5.74, 6) is 0. The Morgan fingerprint density at radius 1 is 1.58 bits per heavy atom. The van der Waals surface area contributed by atoms with Crippen molar-refractivity contribution < 1.29 is 4.74 Å². The van der Waals surface area contributed by atoms with Crippen molar-refractivity contribution in [2.75, 3.05) is 19.7 Å². The predicted octanol–water partition coefficient (Wildman–Crippen LogP) is 1.97. The zero-order chi connectivity index (χ0) is 9.40. The second-order valence-corrected chi connectivity index (χ2v) is 3.18. The van der Waals surface area contributed by atoms with Crippen LogP contribution in [-0.4, -0.2) is 25.8 Å². The lowest BCUT2D eigenvalue weighted by atomic mass is 10.2. The van der Waals surface area contributed by atoms with Crippen molar-refractivity contribution in [1.29, 1.82) is 0 Å². The number of hydrogen-bond donors (Lipinski definition) is 1. The van der Waals surface area contributed by atoms with Crippen molar-refractivity contribution in [3.05, 3.63) is 12.2 Å². The highest BCUT2D eigenvalue weighted by Crippen LogP contribution is 1.93. The molecule has 1 unspecified atom stereocenters. The number of hydrogen-bond acceptors (Lipinski definition) is 2. The summed E-state index contributed by atoms with van der Waals surface area (Å²) in [6.07, 6.45) is 1.37. The molecule has 0 rings (SSSR count). The van der Waals surface area contributed by atoms with Crippen LogP contribution in [0.4, 0.5) is 0 Å². The van der Waals surface area contributed by atoms with Gasteiger partial charge in [0.1, 0.15) is 0 Å². The van der Waals surface area contributed by atoms with E-state index in [1.54, 1.807) is 0 Å². The number of ether oxygens (including phenoxy) is 1. The molecule has 12 heavy (non-hydrogen) atoms. The monoisotopic (exact) mass is 171 g/mol. The molecule has 2 nitrogen and oxygen atoms in total. The van der Waals surface area contributed by atoms with Crippen molar-refractivity contribution in [3.63, 3.8) is 0 Å². The van der Waals surface area contributed by atoms with Gasteiger partial charge in [0.15, 0.2) is 0 Å². The molecule has 1 atom stereocenters. The molecule has 0 radical (unpaired) electrons. The van der Waals surface area contributed by atoms with Crippen LogP contribution < -0.4 is 5.32 Å². The first kappa shape index (κ1) is 11.7. The van der Waals surface area contributed by atoms with E-state index in [0.717, 1.165) is 26.1 Å². The standard InChI is InChI=1S/C10H21NO/c1-5-12-10(4)8-11-7-6-9(2)3/h10-11H,2,5-8H2,1,3-4H3. The minimum absolute atomic E-state index is 0.320. The number of nitrogens with one attached hydrogen (secondary N) is 1. The summed E-state index contributed by atoms with van der Waals surface area (Å²) in [5, 5.41) is 3.32. The summed E-state index contributed by atoms with van der Waals surface area (Å²) in [6.45, 7) is 12.7. The summed E-state index contributed by atoms with van der Waals surface area (Å²) in [4.78, 5) is 0. The molecule has 1 N–H and O–H groups in total. The molecule has 0 aromatic rings. The van der Waals surface area contributed by atoms with E-state index >= 15 is 0 Å². The Hall–Kier alpha value is -0.340. The molecule has 0 aromatic heterocycles. The Balaban J connectivity index is 3.13. The Kier molecular flexibility index (Phi) is 7.11. The largest absolute Gasteiger partial charge is 0.377 e. The van der Waals surface area contributed by atoms with Crippen LogP contribution in [0.15, 0.2) is 12.2 Å². The van der Waals surface area contributed by atoms with Crippen LogP contribution in [0.3, 0.4) is 0 Å². The molecule has 0 heterocycles. The van der Waals surface area contributed by atoms with Crippen LogP contribution in [0, 0.1) is 0 Å². The van der Waals surface area contributed by atoms with Gasteiger partial charge in [-0.25, -0.2) is 0 Å². The highest BCUT2D eigenvalue weighted by molar-refractivity contribution is 4.88. The number of rotatable bonds is 7. The molecule has 0 aliphatic heterocycles. The summed E-state index contributed by atoms with van der Waals surface area (Å²) in [6, 6.07) is 0. The fraction of sp³-hybridized carbons (Fsp3) is 0.800. The van der Waals surface area contributed by atoms with Gasteiger partial charge in [-0.15, -0.1) is 6.58 Å². The zero-order valence-electron chi connectivity index (χ0n) is 8.52. The van der Waals surface area contributed by atoms with E-state index in [-0.39, 0.29) is 0 Å². The third-order valence-corrected chi connectivity index (χ3v) is 1.61. The van der Waals surface area contributed by atoms with Crippen LogP contribution in [0.1, 0.15) is 27.2 Å². The maximum atomic E-state index is 5.36. The van der Waals surface area contributed by atoms with Gasteiger partial charge in [0, 0.05) is 13.2 Å². The fourth-order valence-corrected chi connectivity index (χ4v) is 0.951. The lowest BCUT2D eigenvalue weighted by molar-refractivity contribution is 0.0763. The molecule has 0 spiro atoms. The maximum absolute atomic E-state index is 5.36. The molecule has 2 heteroatoms. The van der Waals surface area contributed by atoms with E-state index in [9.17, 15) is 0 Å². The summed E-state index contributed by atoms with van der Waals surface area (Å²) in [5.41, 5.74) is 1.23. The van der Waals surface area contributed by atoms with Crippen molar-refractivity contribution >= 4 is 0 Å². The Morgan fingerprint density at radius 3 is 2.75 bits per heavy atom. The molecule has 0 saturated carbocycles. The first-order chi connectivity index (χ1) is 5.66. The summed E-state index contributed by atoms with van der Waals surface area (Å²) >= 11 is 0. The fourth-order valence-electron chi connectivity index (χ4n) is 0.951. The van der Waals surface area contributed by atoms with E-state index in [4.69, 9.17) is 4.74 Å². The molecule has 0 bridgehead atoms. The maximum Gasteiger partial charge on any atom is 0.0671 e. The first-order valence-corrected chi connectivity index (χ1v) is 4.63. The quantitative estimate of drug-likeness (QED) is 0.467. The minimum Gasteiger partial charge on any atom is -0.377 e. The van der Waals surface area contributed by atoms with Gasteiger partial charge in [0.2, 0.25) is 0 Å². The van der Waals surface area contributed by atoms with Gasteiger partial charge in [-0.05, 0) is 33.7 Å². The predicted molar refractivity (Wildman–Crippen MR) is 53.4 cm³/mol. The third kappa shape index (κ3) is 7.76. The van der Waals surface area contributed by atoms with Crippen molar-refractivity contribution in [2.24, 2.45) is 0 Å². The second-order valence-electron chi connectivity index (χ2n) is 3.18. The SMILES string of the molecule is C=C(C)CCNCC(C)OCC. The Labute approximate surface area is 76.0 Å². The third-order valence-electron chi connectivity index (χ3n) is 1.61. The van der Waals surface area contributed by atoms with Gasteiger partial charge in [0.05, 0.1) is 6.10 Å². The smallest absolute Gasteiger partial charge is 0.0671 e. The lowest BCUT2D eigenvalue weighted by Gasteiger charge is -2.12. The van der Waals surface area contributed by atoms with Gasteiger partial charge in [-0.2, -0.15) is 0 Å². The van der Waals surface area contributed by atoms with Gasteiger partial charge in [0.25, 0.3) is 0 Å². The topological polar surface area (TPSA) is 21.3 Å². The molecule has 0 amide bonds. The van der Waals surface area contributed by atoms with Crippen LogP contribution in [0.2, 0.25) is 0 Å². The normalized spacial score (nSPS) is 12.9. The average molecular weight is 171 g/mol. The van der Waals surface area contributed by atoms with Crippen LogP contribution in [0.25, 0.3) is 0 Å². The van der Waals surface area contributed by atoms with Crippen LogP contribution in [0.5, 0.6) is 0 Å². The van der Waals surface area contributed by atoms with Crippen LogP contribution >= 0.6 is 0 Å². The second kappa shape index (κ2) is 7.32. The average Bonchev–Trinajstić information content (AvgIpc) is 1.98. The first-order valence-electron chi connectivity index (χ1n) is 4.63. The van der Waals surface area contributed by atoms with E-state index in [2.05, 4.69) is 18.8 Å². The molecule has 0 aromatic carbocycles. The Bertz CT molecular complexity index is 123.